The Morgan fingerprint density at radius 3 is 2.68 bits per heavy atom. The lowest BCUT2D eigenvalue weighted by Gasteiger charge is -2.28. The van der Waals surface area contributed by atoms with Crippen LogP contribution in [0.4, 0.5) is 11.6 Å². The minimum Gasteiger partial charge on any atom is -0.391 e. The fourth-order valence-electron chi connectivity index (χ4n) is 2.71. The first kappa shape index (κ1) is 12.3. The van der Waals surface area contributed by atoms with Crippen LogP contribution >= 0.6 is 0 Å². The third-order valence-corrected chi connectivity index (χ3v) is 3.99. The van der Waals surface area contributed by atoms with Gasteiger partial charge < -0.3 is 16.2 Å². The van der Waals surface area contributed by atoms with Crippen LogP contribution in [-0.4, -0.2) is 27.0 Å². The third kappa shape index (κ3) is 2.26. The second-order valence-corrected chi connectivity index (χ2v) is 5.50. The SMILES string of the molecule is N#Cc1c(NC2CC2)nn(C2CCCCC2O)c1N. The van der Waals surface area contributed by atoms with Crippen LogP contribution in [0.25, 0.3) is 0 Å². The second kappa shape index (κ2) is 4.74. The number of aromatic nitrogens is 2. The van der Waals surface area contributed by atoms with Crippen LogP contribution in [0.2, 0.25) is 0 Å². The van der Waals surface area contributed by atoms with E-state index in [9.17, 15) is 10.4 Å². The van der Waals surface area contributed by atoms with Crippen molar-refractivity contribution < 1.29 is 5.11 Å². The number of nitrogen functional groups attached to an aromatic ring is 1. The van der Waals surface area contributed by atoms with E-state index in [0.717, 1.165) is 38.5 Å². The summed E-state index contributed by atoms with van der Waals surface area (Å²) in [5.74, 6) is 0.942. The summed E-state index contributed by atoms with van der Waals surface area (Å²) in [6, 6.07) is 2.44. The molecule has 2 aliphatic carbocycles. The Morgan fingerprint density at radius 1 is 1.32 bits per heavy atom. The molecule has 0 radical (unpaired) electrons. The molecule has 0 aliphatic heterocycles. The molecule has 2 fully saturated rings. The predicted molar refractivity (Wildman–Crippen MR) is 71.5 cm³/mol. The van der Waals surface area contributed by atoms with Crippen molar-refractivity contribution in [1.82, 2.24) is 9.78 Å². The molecule has 0 bridgehead atoms. The van der Waals surface area contributed by atoms with Crippen LogP contribution in [0.3, 0.4) is 0 Å². The number of hydrogen-bond donors (Lipinski definition) is 3. The average molecular weight is 261 g/mol. The van der Waals surface area contributed by atoms with Crippen LogP contribution in [0.5, 0.6) is 0 Å². The summed E-state index contributed by atoms with van der Waals surface area (Å²) in [4.78, 5) is 0. The van der Waals surface area contributed by atoms with Gasteiger partial charge in [0.05, 0.1) is 12.1 Å². The maximum absolute atomic E-state index is 10.1. The highest BCUT2D eigenvalue weighted by molar-refractivity contribution is 5.64. The van der Waals surface area contributed by atoms with Crippen molar-refractivity contribution in [2.24, 2.45) is 0 Å². The number of nitrogens with zero attached hydrogens (tertiary/aromatic N) is 3. The van der Waals surface area contributed by atoms with E-state index in [1.54, 1.807) is 4.68 Å². The van der Waals surface area contributed by atoms with E-state index < -0.39 is 6.10 Å². The van der Waals surface area contributed by atoms with Gasteiger partial charge in [0, 0.05) is 6.04 Å². The zero-order valence-electron chi connectivity index (χ0n) is 10.8. The zero-order valence-corrected chi connectivity index (χ0v) is 10.8. The first-order valence-corrected chi connectivity index (χ1v) is 6.93. The molecule has 0 spiro atoms. The van der Waals surface area contributed by atoms with Gasteiger partial charge in [-0.3, -0.25) is 0 Å². The fourth-order valence-corrected chi connectivity index (χ4v) is 2.71. The monoisotopic (exact) mass is 261 g/mol. The van der Waals surface area contributed by atoms with Gasteiger partial charge in [0.15, 0.2) is 5.82 Å². The average Bonchev–Trinajstić information content (AvgIpc) is 3.15. The lowest BCUT2D eigenvalue weighted by atomic mass is 9.93. The van der Waals surface area contributed by atoms with Crippen LogP contribution in [0.1, 0.15) is 50.1 Å². The van der Waals surface area contributed by atoms with E-state index in [4.69, 9.17) is 5.73 Å². The number of nitrogens with one attached hydrogen (secondary N) is 1. The van der Waals surface area contributed by atoms with E-state index in [-0.39, 0.29) is 6.04 Å². The van der Waals surface area contributed by atoms with Gasteiger partial charge in [0.2, 0.25) is 0 Å². The topological polar surface area (TPSA) is 99.9 Å². The lowest BCUT2D eigenvalue weighted by molar-refractivity contribution is 0.0707. The molecule has 1 heterocycles. The maximum atomic E-state index is 10.1. The molecule has 2 saturated carbocycles. The largest absolute Gasteiger partial charge is 0.391 e. The summed E-state index contributed by atoms with van der Waals surface area (Å²) in [5.41, 5.74) is 6.44. The van der Waals surface area contributed by atoms with Gasteiger partial charge in [0.1, 0.15) is 17.5 Å². The summed E-state index contributed by atoms with van der Waals surface area (Å²) < 4.78 is 1.65. The van der Waals surface area contributed by atoms with Crippen molar-refractivity contribution >= 4 is 11.6 Å². The molecule has 19 heavy (non-hydrogen) atoms. The molecule has 1 aromatic heterocycles. The number of anilines is 2. The van der Waals surface area contributed by atoms with Crippen LogP contribution < -0.4 is 11.1 Å². The van der Waals surface area contributed by atoms with Crippen molar-refractivity contribution in [3.05, 3.63) is 5.56 Å². The van der Waals surface area contributed by atoms with Crippen molar-refractivity contribution in [2.75, 3.05) is 11.1 Å². The van der Waals surface area contributed by atoms with Gasteiger partial charge in [-0.05, 0) is 25.7 Å². The van der Waals surface area contributed by atoms with E-state index in [1.165, 1.54) is 0 Å². The first-order valence-electron chi connectivity index (χ1n) is 6.93. The molecular formula is C13H19N5O. The highest BCUT2D eigenvalue weighted by Gasteiger charge is 2.31. The second-order valence-electron chi connectivity index (χ2n) is 5.50. The molecule has 2 aliphatic rings. The maximum Gasteiger partial charge on any atom is 0.168 e. The van der Waals surface area contributed by atoms with Gasteiger partial charge in [-0.2, -0.15) is 10.4 Å². The first-order chi connectivity index (χ1) is 9.20. The van der Waals surface area contributed by atoms with Crippen molar-refractivity contribution in [2.45, 2.75) is 56.7 Å². The Hall–Kier alpha value is -1.74. The standard InChI is InChI=1S/C13H19N5O/c14-7-9-12(15)18(10-3-1-2-4-11(10)19)17-13(9)16-8-5-6-8/h8,10-11,19H,1-6,15H2,(H,16,17). The van der Waals surface area contributed by atoms with Gasteiger partial charge in [-0.15, -0.1) is 0 Å². The smallest absolute Gasteiger partial charge is 0.168 e. The molecule has 3 rings (SSSR count). The predicted octanol–water partition coefficient (Wildman–Crippen LogP) is 1.39. The van der Waals surface area contributed by atoms with Crippen LogP contribution in [0.15, 0.2) is 0 Å². The number of hydrogen-bond acceptors (Lipinski definition) is 5. The Balaban J connectivity index is 1.92. The van der Waals surface area contributed by atoms with Gasteiger partial charge in [0.25, 0.3) is 0 Å². The summed E-state index contributed by atoms with van der Waals surface area (Å²) in [6.07, 6.45) is 5.55. The molecule has 4 N–H and O–H groups in total. The summed E-state index contributed by atoms with van der Waals surface area (Å²) in [6.45, 7) is 0. The van der Waals surface area contributed by atoms with E-state index >= 15 is 0 Å². The molecule has 1 aromatic rings. The normalized spacial score (nSPS) is 26.9. The van der Waals surface area contributed by atoms with E-state index in [0.29, 0.717) is 23.2 Å². The highest BCUT2D eigenvalue weighted by Crippen LogP contribution is 2.34. The molecule has 0 aromatic carbocycles. The molecule has 6 heteroatoms. The number of rotatable bonds is 3. The molecule has 0 saturated heterocycles. The Morgan fingerprint density at radius 2 is 2.05 bits per heavy atom. The minimum atomic E-state index is -0.420. The molecular weight excluding hydrogens is 242 g/mol. The third-order valence-electron chi connectivity index (χ3n) is 3.99. The zero-order chi connectivity index (χ0) is 13.4. The molecule has 0 amide bonds. The number of aliphatic hydroxyl groups excluding tert-OH is 1. The Labute approximate surface area is 112 Å². The van der Waals surface area contributed by atoms with E-state index in [2.05, 4.69) is 16.5 Å². The van der Waals surface area contributed by atoms with Gasteiger partial charge in [-0.25, -0.2) is 4.68 Å². The number of nitrogens with two attached hydrogens (primary N) is 1. The Bertz CT molecular complexity index is 514. The molecule has 2 unspecified atom stereocenters. The van der Waals surface area contributed by atoms with Crippen molar-refractivity contribution in [3.8, 4) is 6.07 Å². The quantitative estimate of drug-likeness (QED) is 0.763. The number of aliphatic hydroxyl groups is 1. The Kier molecular flexibility index (Phi) is 3.07. The molecule has 2 atom stereocenters. The van der Waals surface area contributed by atoms with Gasteiger partial charge >= 0.3 is 0 Å². The fraction of sp³-hybridized carbons (Fsp3) is 0.692. The van der Waals surface area contributed by atoms with Crippen LogP contribution in [0, 0.1) is 11.3 Å². The van der Waals surface area contributed by atoms with Crippen molar-refractivity contribution in [3.63, 3.8) is 0 Å². The molecule has 102 valence electrons. The minimum absolute atomic E-state index is 0.101. The summed E-state index contributed by atoms with van der Waals surface area (Å²) >= 11 is 0. The lowest BCUT2D eigenvalue weighted by Crippen LogP contribution is -2.29. The van der Waals surface area contributed by atoms with Crippen molar-refractivity contribution in [1.29, 1.82) is 5.26 Å². The summed E-state index contributed by atoms with van der Waals surface area (Å²) in [5, 5.41) is 27.0. The molecule has 6 nitrogen and oxygen atoms in total. The number of nitriles is 1. The highest BCUT2D eigenvalue weighted by atomic mass is 16.3. The summed E-state index contributed by atoms with van der Waals surface area (Å²) in [7, 11) is 0. The van der Waals surface area contributed by atoms with Gasteiger partial charge in [-0.1, -0.05) is 12.8 Å². The van der Waals surface area contributed by atoms with Crippen LogP contribution in [-0.2, 0) is 0 Å². The van der Waals surface area contributed by atoms with E-state index in [1.807, 2.05) is 0 Å².